The topological polar surface area (TPSA) is 122 Å². The Kier molecular flexibility index (Phi) is 4.92. The largest absolute Gasteiger partial charge is 0.370 e. The molecule has 4 atom stereocenters. The van der Waals surface area contributed by atoms with Crippen LogP contribution in [0.3, 0.4) is 0 Å². The summed E-state index contributed by atoms with van der Waals surface area (Å²) in [5.74, 6) is -2.89. The Morgan fingerprint density at radius 2 is 1.93 bits per heavy atom. The summed E-state index contributed by atoms with van der Waals surface area (Å²) >= 11 is 0. The van der Waals surface area contributed by atoms with E-state index in [1.165, 1.54) is 4.90 Å². The number of fused-ring (bicyclic) bond motifs is 4. The summed E-state index contributed by atoms with van der Waals surface area (Å²) in [5, 5.41) is 6.28. The molecule has 1 spiro atoms. The molecular weight excluding hydrogens is 384 g/mol. The molecule has 1 aromatic carbocycles. The van der Waals surface area contributed by atoms with Gasteiger partial charge >= 0.3 is 0 Å². The van der Waals surface area contributed by atoms with Crippen molar-refractivity contribution in [3.8, 4) is 0 Å². The summed E-state index contributed by atoms with van der Waals surface area (Å²) in [6.07, 6.45) is 1.94. The number of primary amides is 1. The number of likely N-dealkylation sites (tertiary alicyclic amines) is 1. The zero-order valence-electron chi connectivity index (χ0n) is 17.6. The molecule has 3 aliphatic heterocycles. The molecule has 0 saturated carbocycles. The van der Waals surface area contributed by atoms with E-state index in [2.05, 4.69) is 10.6 Å². The van der Waals surface area contributed by atoms with Crippen LogP contribution in [0.15, 0.2) is 12.1 Å². The Labute approximate surface area is 175 Å². The molecule has 0 radical (unpaired) electrons. The van der Waals surface area contributed by atoms with E-state index in [1.54, 1.807) is 0 Å². The SMILES string of the molecule is CCCCN1C(=O)[C@@H]2[C@H](CCC(N)=O)N[C@]3(C(=O)Nc4c3ccc(C)c4C)[C@H]2C1=O. The second-order valence-corrected chi connectivity index (χ2v) is 8.63. The number of anilines is 1. The van der Waals surface area contributed by atoms with E-state index >= 15 is 0 Å². The number of hydrogen-bond donors (Lipinski definition) is 3. The fourth-order valence-corrected chi connectivity index (χ4v) is 5.26. The lowest BCUT2D eigenvalue weighted by Gasteiger charge is -2.29. The Morgan fingerprint density at radius 3 is 2.60 bits per heavy atom. The molecule has 0 aliphatic carbocycles. The number of aryl methyl sites for hydroxylation is 1. The summed E-state index contributed by atoms with van der Waals surface area (Å²) in [4.78, 5) is 52.8. The first-order valence-electron chi connectivity index (χ1n) is 10.6. The molecule has 0 aromatic heterocycles. The molecule has 0 unspecified atom stereocenters. The Balaban J connectivity index is 1.83. The highest BCUT2D eigenvalue weighted by molar-refractivity contribution is 6.15. The fraction of sp³-hybridized carbons (Fsp3) is 0.545. The van der Waals surface area contributed by atoms with Crippen LogP contribution in [-0.4, -0.2) is 41.1 Å². The lowest BCUT2D eigenvalue weighted by atomic mass is 9.76. The normalized spacial score (nSPS) is 29.5. The number of carbonyl (C=O) groups excluding carboxylic acids is 4. The molecule has 4 N–H and O–H groups in total. The number of amides is 4. The van der Waals surface area contributed by atoms with E-state index in [0.717, 1.165) is 17.5 Å². The first-order chi connectivity index (χ1) is 14.2. The summed E-state index contributed by atoms with van der Waals surface area (Å²) in [6.45, 7) is 6.24. The van der Waals surface area contributed by atoms with Crippen LogP contribution in [-0.2, 0) is 24.7 Å². The number of carbonyl (C=O) groups is 4. The van der Waals surface area contributed by atoms with Gasteiger partial charge in [-0.1, -0.05) is 25.5 Å². The highest BCUT2D eigenvalue weighted by Crippen LogP contribution is 2.54. The average Bonchev–Trinajstić information content (AvgIpc) is 3.27. The number of nitrogens with zero attached hydrogens (tertiary/aromatic N) is 1. The Hall–Kier alpha value is -2.74. The van der Waals surface area contributed by atoms with E-state index in [4.69, 9.17) is 5.73 Å². The van der Waals surface area contributed by atoms with E-state index < -0.39 is 29.3 Å². The van der Waals surface area contributed by atoms with Gasteiger partial charge in [-0.05, 0) is 37.8 Å². The van der Waals surface area contributed by atoms with Crippen molar-refractivity contribution in [2.24, 2.45) is 17.6 Å². The van der Waals surface area contributed by atoms with Crippen LogP contribution in [0.1, 0.15) is 49.3 Å². The third-order valence-electron chi connectivity index (χ3n) is 6.95. The minimum Gasteiger partial charge on any atom is -0.370 e. The molecule has 0 bridgehead atoms. The van der Waals surface area contributed by atoms with Gasteiger partial charge in [-0.3, -0.25) is 29.4 Å². The van der Waals surface area contributed by atoms with Crippen LogP contribution in [0.4, 0.5) is 5.69 Å². The smallest absolute Gasteiger partial charge is 0.250 e. The van der Waals surface area contributed by atoms with Crippen LogP contribution < -0.4 is 16.4 Å². The third-order valence-corrected chi connectivity index (χ3v) is 6.95. The molecule has 4 amide bonds. The minimum atomic E-state index is -1.31. The van der Waals surface area contributed by atoms with Crippen LogP contribution >= 0.6 is 0 Å². The lowest BCUT2D eigenvalue weighted by molar-refractivity contribution is -0.143. The molecule has 8 heteroatoms. The number of benzene rings is 1. The van der Waals surface area contributed by atoms with Gasteiger partial charge in [0.25, 0.3) is 0 Å². The fourth-order valence-electron chi connectivity index (χ4n) is 5.26. The van der Waals surface area contributed by atoms with Gasteiger partial charge in [0.1, 0.15) is 5.54 Å². The monoisotopic (exact) mass is 412 g/mol. The zero-order chi connectivity index (χ0) is 21.8. The van der Waals surface area contributed by atoms with E-state index in [0.29, 0.717) is 30.6 Å². The second-order valence-electron chi connectivity index (χ2n) is 8.63. The summed E-state index contributed by atoms with van der Waals surface area (Å²) in [5.41, 5.74) is 7.40. The molecule has 4 rings (SSSR count). The van der Waals surface area contributed by atoms with Crippen molar-refractivity contribution >= 4 is 29.3 Å². The van der Waals surface area contributed by atoms with Gasteiger partial charge < -0.3 is 11.1 Å². The first-order valence-corrected chi connectivity index (χ1v) is 10.6. The maximum absolute atomic E-state index is 13.4. The Morgan fingerprint density at radius 1 is 1.20 bits per heavy atom. The summed E-state index contributed by atoms with van der Waals surface area (Å²) in [6, 6.07) is 3.31. The van der Waals surface area contributed by atoms with Gasteiger partial charge in [0, 0.05) is 30.3 Å². The Bertz CT molecular complexity index is 959. The molecule has 3 aliphatic rings. The maximum atomic E-state index is 13.4. The molecule has 30 heavy (non-hydrogen) atoms. The van der Waals surface area contributed by atoms with Gasteiger partial charge in [0.05, 0.1) is 11.8 Å². The van der Waals surface area contributed by atoms with E-state index in [-0.39, 0.29) is 24.1 Å². The summed E-state index contributed by atoms with van der Waals surface area (Å²) in [7, 11) is 0. The highest BCUT2D eigenvalue weighted by atomic mass is 16.2. The average molecular weight is 412 g/mol. The number of unbranched alkanes of at least 4 members (excludes halogenated alkanes) is 1. The van der Waals surface area contributed by atoms with E-state index in [9.17, 15) is 19.2 Å². The molecule has 160 valence electrons. The number of imide groups is 1. The lowest BCUT2D eigenvalue weighted by Crippen LogP contribution is -2.53. The molecular formula is C22H28N4O4. The zero-order valence-corrected chi connectivity index (χ0v) is 17.6. The van der Waals surface area contributed by atoms with Gasteiger partial charge in [0.2, 0.25) is 23.6 Å². The number of nitrogens with two attached hydrogens (primary N) is 1. The molecule has 2 saturated heterocycles. The van der Waals surface area contributed by atoms with Crippen molar-refractivity contribution in [1.82, 2.24) is 10.2 Å². The number of nitrogens with one attached hydrogen (secondary N) is 2. The van der Waals surface area contributed by atoms with Crippen LogP contribution in [0.5, 0.6) is 0 Å². The first kappa shape index (κ1) is 20.5. The van der Waals surface area contributed by atoms with Crippen molar-refractivity contribution < 1.29 is 19.2 Å². The van der Waals surface area contributed by atoms with Crippen molar-refractivity contribution in [2.45, 2.75) is 58.0 Å². The molecule has 1 aromatic rings. The second kappa shape index (κ2) is 7.19. The van der Waals surface area contributed by atoms with Crippen molar-refractivity contribution in [1.29, 1.82) is 0 Å². The summed E-state index contributed by atoms with van der Waals surface area (Å²) < 4.78 is 0. The van der Waals surface area contributed by atoms with Crippen LogP contribution in [0.25, 0.3) is 0 Å². The number of rotatable bonds is 6. The predicted octanol–water partition coefficient (Wildman–Crippen LogP) is 1.09. The van der Waals surface area contributed by atoms with Crippen molar-refractivity contribution in [3.05, 3.63) is 28.8 Å². The molecule has 2 fully saturated rings. The van der Waals surface area contributed by atoms with Crippen molar-refractivity contribution in [2.75, 3.05) is 11.9 Å². The van der Waals surface area contributed by atoms with Gasteiger partial charge in [0.15, 0.2) is 0 Å². The van der Waals surface area contributed by atoms with Gasteiger partial charge in [-0.15, -0.1) is 0 Å². The highest BCUT2D eigenvalue weighted by Gasteiger charge is 2.70. The van der Waals surface area contributed by atoms with Crippen LogP contribution in [0, 0.1) is 25.7 Å². The van der Waals surface area contributed by atoms with Crippen LogP contribution in [0.2, 0.25) is 0 Å². The quantitative estimate of drug-likeness (QED) is 0.604. The van der Waals surface area contributed by atoms with E-state index in [1.807, 2.05) is 32.9 Å². The standard InChI is InChI=1S/C22H28N4O4/c1-4-5-10-26-19(28)16-14(8-9-15(23)27)25-22(17(16)20(26)29)13-7-6-11(2)12(3)18(13)24-21(22)30/h6-7,14,16-17,25H,4-5,8-10H2,1-3H3,(H2,23,27)(H,24,30)/t14-,16+,17+,22-/m0/s1. The third kappa shape index (κ3) is 2.70. The maximum Gasteiger partial charge on any atom is 0.250 e. The minimum absolute atomic E-state index is 0.0782. The molecule has 8 nitrogen and oxygen atoms in total. The van der Waals surface area contributed by atoms with Gasteiger partial charge in [-0.2, -0.15) is 0 Å². The number of hydrogen-bond acceptors (Lipinski definition) is 5. The molecule has 3 heterocycles. The van der Waals surface area contributed by atoms with Crippen molar-refractivity contribution in [3.63, 3.8) is 0 Å². The van der Waals surface area contributed by atoms with Gasteiger partial charge in [-0.25, -0.2) is 0 Å². The predicted molar refractivity (Wildman–Crippen MR) is 110 cm³/mol.